The molecule has 3 nitrogen and oxygen atoms in total. The topological polar surface area (TPSA) is 46.3 Å². The van der Waals surface area contributed by atoms with E-state index in [-0.39, 0.29) is 12.3 Å². The van der Waals surface area contributed by atoms with Gasteiger partial charge in [-0.3, -0.25) is 0 Å². The Morgan fingerprint density at radius 2 is 2.40 bits per heavy atom. The van der Waals surface area contributed by atoms with Crippen molar-refractivity contribution in [3.8, 4) is 0 Å². The molecular formula is C5H5F2NO2. The number of aromatic nitrogens is 1. The van der Waals surface area contributed by atoms with Gasteiger partial charge in [0.15, 0.2) is 0 Å². The summed E-state index contributed by atoms with van der Waals surface area (Å²) in [6.45, 7) is -0.379. The first-order valence-corrected chi connectivity index (χ1v) is 2.57. The maximum Gasteiger partial charge on any atom is 0.313 e. The fraction of sp³-hybridized carbons (Fsp3) is 0.400. The van der Waals surface area contributed by atoms with Crippen molar-refractivity contribution in [3.05, 3.63) is 17.8 Å². The number of nitrogens with zero attached hydrogens (tertiary/aromatic N) is 1. The van der Waals surface area contributed by atoms with Crippen molar-refractivity contribution in [2.24, 2.45) is 0 Å². The van der Waals surface area contributed by atoms with E-state index in [1.807, 2.05) is 0 Å². The molecule has 0 fully saturated rings. The third-order valence-corrected chi connectivity index (χ3v) is 0.918. The third kappa shape index (κ3) is 1.30. The van der Waals surface area contributed by atoms with Gasteiger partial charge in [0.05, 0.1) is 6.61 Å². The molecule has 56 valence electrons. The first kappa shape index (κ1) is 7.14. The smallest absolute Gasteiger partial charge is 0.313 e. The third-order valence-electron chi connectivity index (χ3n) is 0.918. The molecule has 5 heteroatoms. The second-order valence-electron chi connectivity index (χ2n) is 1.64. The Balaban J connectivity index is 2.78. The van der Waals surface area contributed by atoms with E-state index in [0.717, 1.165) is 6.26 Å². The molecule has 0 aliphatic rings. The molecule has 0 saturated carbocycles. The number of hydrogen-bond acceptors (Lipinski definition) is 3. The Bertz CT molecular complexity index is 211. The van der Waals surface area contributed by atoms with Crippen LogP contribution in [0.2, 0.25) is 0 Å². The summed E-state index contributed by atoms with van der Waals surface area (Å²) in [5, 5.41) is 8.37. The van der Waals surface area contributed by atoms with Gasteiger partial charge in [0.25, 0.3) is 5.89 Å². The Hall–Kier alpha value is -0.970. The molecule has 10 heavy (non-hydrogen) atoms. The summed E-state index contributed by atoms with van der Waals surface area (Å²) in [5.41, 5.74) is 0.121. The van der Waals surface area contributed by atoms with Crippen LogP contribution in [0.25, 0.3) is 0 Å². The van der Waals surface area contributed by atoms with Gasteiger partial charge in [0.2, 0.25) is 0 Å². The summed E-state index contributed by atoms with van der Waals surface area (Å²) >= 11 is 0. The predicted octanol–water partition coefficient (Wildman–Crippen LogP) is 1.10. The van der Waals surface area contributed by atoms with Gasteiger partial charge in [-0.2, -0.15) is 8.78 Å². The molecule has 0 aliphatic heterocycles. The molecule has 1 aromatic rings. The SMILES string of the molecule is OCc1coc(C(F)F)n1. The zero-order valence-electron chi connectivity index (χ0n) is 4.92. The zero-order chi connectivity index (χ0) is 7.56. The Labute approximate surface area is 55.3 Å². The number of aliphatic hydroxyl groups is 1. The van der Waals surface area contributed by atoms with Crippen molar-refractivity contribution in [2.75, 3.05) is 0 Å². The fourth-order valence-electron chi connectivity index (χ4n) is 0.495. The predicted molar refractivity (Wildman–Crippen MR) is 27.4 cm³/mol. The highest BCUT2D eigenvalue weighted by atomic mass is 19.3. The summed E-state index contributed by atoms with van der Waals surface area (Å²) < 4.78 is 27.7. The molecule has 0 atom stereocenters. The van der Waals surface area contributed by atoms with Gasteiger partial charge < -0.3 is 9.52 Å². The molecule has 0 unspecified atom stereocenters. The van der Waals surface area contributed by atoms with Crippen LogP contribution in [0.15, 0.2) is 10.7 Å². The number of halogens is 2. The highest BCUT2D eigenvalue weighted by molar-refractivity contribution is 4.94. The fourth-order valence-corrected chi connectivity index (χ4v) is 0.495. The normalized spacial score (nSPS) is 10.8. The van der Waals surface area contributed by atoms with E-state index >= 15 is 0 Å². The number of aliphatic hydroxyl groups excluding tert-OH is 1. The van der Waals surface area contributed by atoms with Crippen LogP contribution in [-0.2, 0) is 6.61 Å². The Morgan fingerprint density at radius 3 is 2.70 bits per heavy atom. The largest absolute Gasteiger partial charge is 0.443 e. The van der Waals surface area contributed by atoms with Crippen LogP contribution in [0.1, 0.15) is 18.0 Å². The standard InChI is InChI=1S/C5H5F2NO2/c6-4(7)5-8-3(1-9)2-10-5/h2,4,9H,1H2. The second kappa shape index (κ2) is 2.74. The molecule has 1 N–H and O–H groups in total. The molecule has 0 spiro atoms. The molecular weight excluding hydrogens is 144 g/mol. The van der Waals surface area contributed by atoms with E-state index in [1.54, 1.807) is 0 Å². The quantitative estimate of drug-likeness (QED) is 0.684. The van der Waals surface area contributed by atoms with Crippen LogP contribution >= 0.6 is 0 Å². The molecule has 1 aromatic heterocycles. The van der Waals surface area contributed by atoms with E-state index in [9.17, 15) is 8.78 Å². The van der Waals surface area contributed by atoms with Gasteiger partial charge in [0, 0.05) is 0 Å². The minimum atomic E-state index is -2.71. The number of rotatable bonds is 2. The lowest BCUT2D eigenvalue weighted by Gasteiger charge is -1.86. The zero-order valence-corrected chi connectivity index (χ0v) is 4.92. The summed E-state index contributed by atoms with van der Waals surface area (Å²) in [7, 11) is 0. The van der Waals surface area contributed by atoms with Gasteiger partial charge in [-0.05, 0) is 0 Å². The van der Waals surface area contributed by atoms with Gasteiger partial charge in [0.1, 0.15) is 12.0 Å². The number of alkyl halides is 2. The van der Waals surface area contributed by atoms with Crippen molar-refractivity contribution in [2.45, 2.75) is 13.0 Å². The first-order valence-electron chi connectivity index (χ1n) is 2.57. The van der Waals surface area contributed by atoms with Crippen LogP contribution in [0.3, 0.4) is 0 Å². The Morgan fingerprint density at radius 1 is 1.70 bits per heavy atom. The van der Waals surface area contributed by atoms with Crippen LogP contribution < -0.4 is 0 Å². The summed E-state index contributed by atoms with van der Waals surface area (Å²) in [4.78, 5) is 3.26. The maximum absolute atomic E-state index is 11.7. The summed E-state index contributed by atoms with van der Waals surface area (Å²) in [6.07, 6.45) is -1.71. The molecule has 0 aromatic carbocycles. The van der Waals surface area contributed by atoms with E-state index in [4.69, 9.17) is 5.11 Å². The molecule has 0 bridgehead atoms. The lowest BCUT2D eigenvalue weighted by molar-refractivity contribution is 0.115. The van der Waals surface area contributed by atoms with Crippen LogP contribution in [0.5, 0.6) is 0 Å². The summed E-state index contributed by atoms with van der Waals surface area (Å²) in [5.74, 6) is -0.649. The highest BCUT2D eigenvalue weighted by Gasteiger charge is 2.13. The van der Waals surface area contributed by atoms with Crippen molar-refractivity contribution in [1.29, 1.82) is 0 Å². The summed E-state index contributed by atoms with van der Waals surface area (Å²) in [6, 6.07) is 0. The number of hydrogen-bond donors (Lipinski definition) is 1. The molecule has 1 rings (SSSR count). The molecule has 0 aliphatic carbocycles. The van der Waals surface area contributed by atoms with Crippen LogP contribution in [0.4, 0.5) is 8.78 Å². The molecule has 0 radical (unpaired) electrons. The lowest BCUT2D eigenvalue weighted by atomic mass is 10.5. The van der Waals surface area contributed by atoms with Gasteiger partial charge in [-0.1, -0.05) is 0 Å². The van der Waals surface area contributed by atoms with Gasteiger partial charge in [-0.15, -0.1) is 0 Å². The van der Waals surface area contributed by atoms with E-state index in [0.29, 0.717) is 0 Å². The van der Waals surface area contributed by atoms with E-state index in [1.165, 1.54) is 0 Å². The van der Waals surface area contributed by atoms with Crippen molar-refractivity contribution in [1.82, 2.24) is 4.98 Å². The highest BCUT2D eigenvalue weighted by Crippen LogP contribution is 2.16. The van der Waals surface area contributed by atoms with E-state index in [2.05, 4.69) is 9.40 Å². The average Bonchev–Trinajstić information content (AvgIpc) is 2.34. The minimum Gasteiger partial charge on any atom is -0.443 e. The number of oxazole rings is 1. The Kier molecular flexibility index (Phi) is 1.96. The molecule has 1 heterocycles. The van der Waals surface area contributed by atoms with Gasteiger partial charge in [-0.25, -0.2) is 4.98 Å². The maximum atomic E-state index is 11.7. The van der Waals surface area contributed by atoms with Crippen LogP contribution in [0, 0.1) is 0 Å². The minimum absolute atomic E-state index is 0.121. The van der Waals surface area contributed by atoms with Crippen molar-refractivity contribution < 1.29 is 18.3 Å². The second-order valence-corrected chi connectivity index (χ2v) is 1.64. The van der Waals surface area contributed by atoms with E-state index < -0.39 is 12.3 Å². The lowest BCUT2D eigenvalue weighted by Crippen LogP contribution is -1.85. The van der Waals surface area contributed by atoms with Crippen molar-refractivity contribution in [3.63, 3.8) is 0 Å². The van der Waals surface area contributed by atoms with Crippen molar-refractivity contribution >= 4 is 0 Å². The average molecular weight is 149 g/mol. The van der Waals surface area contributed by atoms with Gasteiger partial charge >= 0.3 is 6.43 Å². The first-order chi connectivity index (χ1) is 4.74. The molecule has 0 saturated heterocycles. The van der Waals surface area contributed by atoms with Crippen LogP contribution in [-0.4, -0.2) is 10.1 Å². The molecule has 0 amide bonds. The monoisotopic (exact) mass is 149 g/mol.